The lowest BCUT2D eigenvalue weighted by atomic mass is 10.2. The zero-order valence-electron chi connectivity index (χ0n) is 7.30. The van der Waals surface area contributed by atoms with E-state index >= 15 is 0 Å². The van der Waals surface area contributed by atoms with Gasteiger partial charge in [-0.25, -0.2) is 0 Å². The number of carbonyl (C=O) groups excluding carboxylic acids is 1. The van der Waals surface area contributed by atoms with E-state index in [2.05, 4.69) is 12.2 Å². The van der Waals surface area contributed by atoms with Crippen molar-refractivity contribution in [3.63, 3.8) is 0 Å². The average molecular weight is 186 g/mol. The fraction of sp³-hybridized carbons (Fsp3) is 0.750. The van der Waals surface area contributed by atoms with Gasteiger partial charge in [0.15, 0.2) is 5.11 Å². The highest BCUT2D eigenvalue weighted by Gasteiger charge is 2.21. The Morgan fingerprint density at radius 3 is 2.83 bits per heavy atom. The number of nitrogens with zero attached hydrogens (tertiary/aromatic N) is 1. The fourth-order valence-corrected chi connectivity index (χ4v) is 1.49. The molecule has 1 saturated heterocycles. The van der Waals surface area contributed by atoms with Crippen molar-refractivity contribution < 1.29 is 4.79 Å². The second kappa shape index (κ2) is 4.40. The molecule has 1 aliphatic heterocycles. The van der Waals surface area contributed by atoms with Gasteiger partial charge >= 0.3 is 0 Å². The van der Waals surface area contributed by atoms with Gasteiger partial charge in [0.05, 0.1) is 6.54 Å². The monoisotopic (exact) mass is 186 g/mol. The zero-order chi connectivity index (χ0) is 8.97. The first-order valence-electron chi connectivity index (χ1n) is 4.32. The fourth-order valence-electron chi connectivity index (χ4n) is 1.22. The summed E-state index contributed by atoms with van der Waals surface area (Å²) < 4.78 is 0. The van der Waals surface area contributed by atoms with E-state index in [4.69, 9.17) is 12.2 Å². The molecule has 0 aromatic heterocycles. The van der Waals surface area contributed by atoms with Crippen molar-refractivity contribution in [2.75, 3.05) is 13.1 Å². The zero-order valence-corrected chi connectivity index (χ0v) is 8.12. The van der Waals surface area contributed by atoms with E-state index in [-0.39, 0.29) is 5.91 Å². The van der Waals surface area contributed by atoms with E-state index in [1.165, 1.54) is 12.8 Å². The summed E-state index contributed by atoms with van der Waals surface area (Å²) in [6.07, 6.45) is 3.51. The number of amides is 1. The minimum atomic E-state index is 0.0245. The lowest BCUT2D eigenvalue weighted by Crippen LogP contribution is -2.28. The maximum atomic E-state index is 10.9. The van der Waals surface area contributed by atoms with Gasteiger partial charge in [-0.05, 0) is 18.6 Å². The van der Waals surface area contributed by atoms with Gasteiger partial charge in [-0.15, -0.1) is 0 Å². The molecule has 0 unspecified atom stereocenters. The van der Waals surface area contributed by atoms with Crippen LogP contribution in [0, 0.1) is 0 Å². The van der Waals surface area contributed by atoms with E-state index < -0.39 is 0 Å². The van der Waals surface area contributed by atoms with Gasteiger partial charge in [0, 0.05) is 6.54 Å². The van der Waals surface area contributed by atoms with Crippen LogP contribution in [0.1, 0.15) is 26.2 Å². The standard InChI is InChI=1S/C8H14N2OS/c1-2-3-4-5-10-6-7(11)9-8(10)12/h2-6H2,1H3,(H,9,11,12). The van der Waals surface area contributed by atoms with Crippen molar-refractivity contribution in [1.82, 2.24) is 10.2 Å². The summed E-state index contributed by atoms with van der Waals surface area (Å²) in [4.78, 5) is 12.8. The summed E-state index contributed by atoms with van der Waals surface area (Å²) in [7, 11) is 0. The van der Waals surface area contributed by atoms with Gasteiger partial charge in [0.1, 0.15) is 0 Å². The lowest BCUT2D eigenvalue weighted by molar-refractivity contribution is -0.118. The third-order valence-corrected chi connectivity index (χ3v) is 2.26. The summed E-state index contributed by atoms with van der Waals surface area (Å²) in [5.74, 6) is 0.0245. The Morgan fingerprint density at radius 1 is 1.58 bits per heavy atom. The molecule has 0 saturated carbocycles. The summed E-state index contributed by atoms with van der Waals surface area (Å²) in [5, 5.41) is 3.21. The molecule has 0 bridgehead atoms. The van der Waals surface area contributed by atoms with Gasteiger partial charge in [-0.3, -0.25) is 4.79 Å². The molecule has 1 amide bonds. The van der Waals surface area contributed by atoms with Crippen molar-refractivity contribution in [2.45, 2.75) is 26.2 Å². The van der Waals surface area contributed by atoms with Gasteiger partial charge in [0.25, 0.3) is 0 Å². The molecule has 1 heterocycles. The van der Waals surface area contributed by atoms with E-state index in [0.29, 0.717) is 11.7 Å². The van der Waals surface area contributed by atoms with Crippen LogP contribution in [0.3, 0.4) is 0 Å². The molecule has 0 atom stereocenters. The number of carbonyl (C=O) groups is 1. The Hall–Kier alpha value is -0.640. The molecular formula is C8H14N2OS. The first-order chi connectivity index (χ1) is 5.74. The van der Waals surface area contributed by atoms with Crippen LogP contribution in [-0.2, 0) is 4.79 Å². The van der Waals surface area contributed by atoms with Crippen molar-refractivity contribution in [3.05, 3.63) is 0 Å². The van der Waals surface area contributed by atoms with Crippen molar-refractivity contribution in [2.24, 2.45) is 0 Å². The Bertz CT molecular complexity index is 193. The minimum Gasteiger partial charge on any atom is -0.340 e. The number of thiocarbonyl (C=S) groups is 1. The normalized spacial score (nSPS) is 16.9. The Morgan fingerprint density at radius 2 is 2.33 bits per heavy atom. The molecule has 0 aromatic rings. The van der Waals surface area contributed by atoms with Crippen molar-refractivity contribution in [3.8, 4) is 0 Å². The quantitative estimate of drug-likeness (QED) is 0.523. The predicted molar refractivity (Wildman–Crippen MR) is 51.8 cm³/mol. The van der Waals surface area contributed by atoms with Crippen LogP contribution < -0.4 is 5.32 Å². The second-order valence-corrected chi connectivity index (χ2v) is 3.37. The summed E-state index contributed by atoms with van der Waals surface area (Å²) in [6.45, 7) is 3.51. The van der Waals surface area contributed by atoms with Gasteiger partial charge < -0.3 is 10.2 Å². The molecule has 1 N–H and O–H groups in total. The molecule has 1 aliphatic rings. The summed E-state index contributed by atoms with van der Waals surface area (Å²) in [6, 6.07) is 0. The molecule has 12 heavy (non-hydrogen) atoms. The van der Waals surface area contributed by atoms with E-state index in [1.807, 2.05) is 4.90 Å². The third-order valence-electron chi connectivity index (χ3n) is 1.90. The number of nitrogens with one attached hydrogen (secondary N) is 1. The molecule has 1 rings (SSSR count). The Balaban J connectivity index is 2.24. The van der Waals surface area contributed by atoms with Crippen LogP contribution in [0.15, 0.2) is 0 Å². The number of hydrogen-bond donors (Lipinski definition) is 1. The smallest absolute Gasteiger partial charge is 0.245 e. The molecule has 3 nitrogen and oxygen atoms in total. The lowest BCUT2D eigenvalue weighted by Gasteiger charge is -2.14. The van der Waals surface area contributed by atoms with Gasteiger partial charge in [-0.1, -0.05) is 19.8 Å². The summed E-state index contributed by atoms with van der Waals surface area (Å²) in [5.41, 5.74) is 0. The second-order valence-electron chi connectivity index (χ2n) is 2.98. The molecule has 0 spiro atoms. The molecule has 0 aliphatic carbocycles. The van der Waals surface area contributed by atoms with Crippen molar-refractivity contribution >= 4 is 23.2 Å². The first-order valence-corrected chi connectivity index (χ1v) is 4.73. The van der Waals surface area contributed by atoms with Crippen LogP contribution in [0.5, 0.6) is 0 Å². The number of rotatable bonds is 4. The summed E-state index contributed by atoms with van der Waals surface area (Å²) >= 11 is 4.96. The maximum Gasteiger partial charge on any atom is 0.245 e. The van der Waals surface area contributed by atoms with E-state index in [9.17, 15) is 4.79 Å². The highest BCUT2D eigenvalue weighted by atomic mass is 32.1. The molecular weight excluding hydrogens is 172 g/mol. The van der Waals surface area contributed by atoms with Crippen LogP contribution >= 0.6 is 12.2 Å². The number of unbranched alkanes of at least 4 members (excludes halogenated alkanes) is 2. The number of hydrogen-bond acceptors (Lipinski definition) is 2. The highest BCUT2D eigenvalue weighted by Crippen LogP contribution is 2.02. The molecule has 0 aromatic carbocycles. The predicted octanol–water partition coefficient (Wildman–Crippen LogP) is 0.893. The van der Waals surface area contributed by atoms with Crippen LogP contribution in [0.25, 0.3) is 0 Å². The van der Waals surface area contributed by atoms with E-state index in [0.717, 1.165) is 13.0 Å². The highest BCUT2D eigenvalue weighted by molar-refractivity contribution is 7.80. The largest absolute Gasteiger partial charge is 0.340 e. The van der Waals surface area contributed by atoms with Crippen LogP contribution in [0.2, 0.25) is 0 Å². The van der Waals surface area contributed by atoms with Gasteiger partial charge in [-0.2, -0.15) is 0 Å². The molecule has 68 valence electrons. The Kier molecular flexibility index (Phi) is 3.47. The molecule has 0 radical (unpaired) electrons. The maximum absolute atomic E-state index is 10.9. The third kappa shape index (κ3) is 2.44. The topological polar surface area (TPSA) is 32.3 Å². The minimum absolute atomic E-state index is 0.0245. The average Bonchev–Trinajstić information content (AvgIpc) is 2.31. The van der Waals surface area contributed by atoms with E-state index in [1.54, 1.807) is 0 Å². The SMILES string of the molecule is CCCCCN1CC(=O)NC1=S. The first kappa shape index (κ1) is 9.45. The Labute approximate surface area is 78.1 Å². The van der Waals surface area contributed by atoms with Crippen LogP contribution in [0.4, 0.5) is 0 Å². The molecule has 4 heteroatoms. The molecule has 1 fully saturated rings. The van der Waals surface area contributed by atoms with Crippen molar-refractivity contribution in [1.29, 1.82) is 0 Å². The van der Waals surface area contributed by atoms with Gasteiger partial charge in [0.2, 0.25) is 5.91 Å². The van der Waals surface area contributed by atoms with Crippen LogP contribution in [-0.4, -0.2) is 29.0 Å².